The number of nitriles is 1. The van der Waals surface area contributed by atoms with Gasteiger partial charge in [-0.25, -0.2) is 0 Å². The number of piperidine rings is 1. The van der Waals surface area contributed by atoms with Crippen molar-refractivity contribution >= 4 is 0 Å². The number of methoxy groups -OCH3 is 1. The molecule has 0 amide bonds. The summed E-state index contributed by atoms with van der Waals surface area (Å²) < 4.78 is 5.25. The molecular formula is C28H30N2O2. The number of aromatic hydroxyl groups is 1. The number of rotatable bonds is 7. The van der Waals surface area contributed by atoms with Crippen LogP contribution in [0.2, 0.25) is 0 Å². The minimum Gasteiger partial charge on any atom is -0.504 e. The molecule has 1 atom stereocenters. The van der Waals surface area contributed by atoms with Crippen LogP contribution >= 0.6 is 0 Å². The van der Waals surface area contributed by atoms with Gasteiger partial charge in [-0.1, -0.05) is 66.7 Å². The van der Waals surface area contributed by atoms with Gasteiger partial charge in [0.2, 0.25) is 0 Å². The standard InChI is InChI=1S/C28H30N2O2/c1-32-27-19-22(14-15-26(27)31)16-18-30-17-8-13-25(20-30)28(21-29,23-9-4-2-5-10-23)24-11-6-3-7-12-24/h2-7,9-12,14-15,19,25,31H,8,13,16-18,20H2,1H3. The molecule has 0 radical (unpaired) electrons. The fourth-order valence-corrected chi connectivity index (χ4v) is 5.04. The second-order valence-electron chi connectivity index (χ2n) is 8.55. The normalized spacial score (nSPS) is 16.9. The average Bonchev–Trinajstić information content (AvgIpc) is 2.86. The van der Waals surface area contributed by atoms with Crippen LogP contribution in [0, 0.1) is 17.2 Å². The van der Waals surface area contributed by atoms with E-state index in [2.05, 4.69) is 35.2 Å². The first kappa shape index (κ1) is 21.9. The molecule has 0 saturated carbocycles. The molecule has 0 bridgehead atoms. The smallest absolute Gasteiger partial charge is 0.160 e. The Labute approximate surface area is 190 Å². The number of hydrogen-bond donors (Lipinski definition) is 1. The molecule has 0 aromatic heterocycles. The first-order valence-electron chi connectivity index (χ1n) is 11.3. The zero-order chi connectivity index (χ0) is 22.4. The van der Waals surface area contributed by atoms with Crippen molar-refractivity contribution in [3.05, 3.63) is 95.6 Å². The van der Waals surface area contributed by atoms with Crippen molar-refractivity contribution < 1.29 is 9.84 Å². The Kier molecular flexibility index (Phi) is 6.78. The maximum absolute atomic E-state index is 10.6. The lowest BCUT2D eigenvalue weighted by molar-refractivity contribution is 0.148. The fourth-order valence-electron chi connectivity index (χ4n) is 5.04. The second kappa shape index (κ2) is 9.89. The molecule has 4 nitrogen and oxygen atoms in total. The molecule has 1 fully saturated rings. The molecule has 0 aliphatic carbocycles. The molecule has 3 aromatic carbocycles. The van der Waals surface area contributed by atoms with E-state index < -0.39 is 5.41 Å². The average molecular weight is 427 g/mol. The molecule has 1 N–H and O–H groups in total. The molecule has 1 saturated heterocycles. The van der Waals surface area contributed by atoms with Crippen LogP contribution in [0.3, 0.4) is 0 Å². The monoisotopic (exact) mass is 426 g/mol. The summed E-state index contributed by atoms with van der Waals surface area (Å²) in [7, 11) is 1.57. The predicted molar refractivity (Wildman–Crippen MR) is 127 cm³/mol. The van der Waals surface area contributed by atoms with Crippen molar-refractivity contribution in [2.45, 2.75) is 24.7 Å². The van der Waals surface area contributed by atoms with Gasteiger partial charge in [-0.3, -0.25) is 0 Å². The molecule has 4 rings (SSSR count). The van der Waals surface area contributed by atoms with Crippen molar-refractivity contribution in [2.24, 2.45) is 5.92 Å². The van der Waals surface area contributed by atoms with E-state index in [1.54, 1.807) is 13.2 Å². The maximum Gasteiger partial charge on any atom is 0.160 e. The van der Waals surface area contributed by atoms with E-state index in [0.29, 0.717) is 5.75 Å². The van der Waals surface area contributed by atoms with E-state index in [1.807, 2.05) is 48.5 Å². The van der Waals surface area contributed by atoms with Gasteiger partial charge < -0.3 is 14.7 Å². The van der Waals surface area contributed by atoms with Crippen LogP contribution in [0.4, 0.5) is 0 Å². The van der Waals surface area contributed by atoms with E-state index in [4.69, 9.17) is 4.74 Å². The predicted octanol–water partition coefficient (Wildman–Crippen LogP) is 5.17. The Bertz CT molecular complexity index is 1020. The third kappa shape index (κ3) is 4.35. The zero-order valence-corrected chi connectivity index (χ0v) is 18.6. The number of ether oxygens (including phenoxy) is 1. The molecule has 1 heterocycles. The quantitative estimate of drug-likeness (QED) is 0.567. The van der Waals surface area contributed by atoms with E-state index in [1.165, 1.54) is 0 Å². The summed E-state index contributed by atoms with van der Waals surface area (Å²) in [4.78, 5) is 2.48. The van der Waals surface area contributed by atoms with Crippen LogP contribution in [0.1, 0.15) is 29.5 Å². The summed E-state index contributed by atoms with van der Waals surface area (Å²) in [5, 5.41) is 20.5. The van der Waals surface area contributed by atoms with Gasteiger partial charge in [0.1, 0.15) is 5.41 Å². The maximum atomic E-state index is 10.6. The van der Waals surface area contributed by atoms with Gasteiger partial charge in [-0.2, -0.15) is 5.26 Å². The minimum absolute atomic E-state index is 0.166. The number of phenols is 1. The van der Waals surface area contributed by atoms with E-state index in [0.717, 1.165) is 55.6 Å². The highest BCUT2D eigenvalue weighted by molar-refractivity contribution is 5.47. The Morgan fingerprint density at radius 2 is 1.69 bits per heavy atom. The van der Waals surface area contributed by atoms with E-state index >= 15 is 0 Å². The summed E-state index contributed by atoms with van der Waals surface area (Å²) in [5.41, 5.74) is 2.62. The fraction of sp³-hybridized carbons (Fsp3) is 0.321. The van der Waals surface area contributed by atoms with Gasteiger partial charge in [0.25, 0.3) is 0 Å². The van der Waals surface area contributed by atoms with Gasteiger partial charge >= 0.3 is 0 Å². The van der Waals surface area contributed by atoms with Gasteiger partial charge in [0.05, 0.1) is 13.2 Å². The topological polar surface area (TPSA) is 56.5 Å². The van der Waals surface area contributed by atoms with Crippen LogP contribution < -0.4 is 4.74 Å². The van der Waals surface area contributed by atoms with Crippen molar-refractivity contribution in [1.82, 2.24) is 4.90 Å². The summed E-state index contributed by atoms with van der Waals surface area (Å²) >= 11 is 0. The van der Waals surface area contributed by atoms with Gasteiger partial charge in [0.15, 0.2) is 11.5 Å². The van der Waals surface area contributed by atoms with Crippen LogP contribution in [0.5, 0.6) is 11.5 Å². The molecule has 4 heteroatoms. The highest BCUT2D eigenvalue weighted by Crippen LogP contribution is 2.43. The third-order valence-corrected chi connectivity index (χ3v) is 6.71. The summed E-state index contributed by atoms with van der Waals surface area (Å²) in [6, 6.07) is 28.8. The second-order valence-corrected chi connectivity index (χ2v) is 8.55. The Morgan fingerprint density at radius 1 is 1.03 bits per heavy atom. The number of benzene rings is 3. The molecule has 164 valence electrons. The van der Waals surface area contributed by atoms with Crippen molar-refractivity contribution in [3.8, 4) is 17.6 Å². The van der Waals surface area contributed by atoms with Crippen molar-refractivity contribution in [2.75, 3.05) is 26.7 Å². The number of nitrogens with zero attached hydrogens (tertiary/aromatic N) is 2. The third-order valence-electron chi connectivity index (χ3n) is 6.71. The number of phenolic OH excluding ortho intramolecular Hbond substituents is 1. The summed E-state index contributed by atoms with van der Waals surface area (Å²) in [5.74, 6) is 0.884. The van der Waals surface area contributed by atoms with Crippen LogP contribution in [-0.2, 0) is 11.8 Å². The number of likely N-dealkylation sites (tertiary alicyclic amines) is 1. The van der Waals surface area contributed by atoms with Gasteiger partial charge in [-0.05, 0) is 60.5 Å². The lowest BCUT2D eigenvalue weighted by Gasteiger charge is -2.42. The first-order valence-corrected chi connectivity index (χ1v) is 11.3. The van der Waals surface area contributed by atoms with Crippen molar-refractivity contribution in [3.63, 3.8) is 0 Å². The Morgan fingerprint density at radius 3 is 2.28 bits per heavy atom. The van der Waals surface area contributed by atoms with Crippen LogP contribution in [-0.4, -0.2) is 36.8 Å². The van der Waals surface area contributed by atoms with Crippen LogP contribution in [0.15, 0.2) is 78.9 Å². The van der Waals surface area contributed by atoms with Crippen LogP contribution in [0.25, 0.3) is 0 Å². The van der Waals surface area contributed by atoms with Gasteiger partial charge in [-0.15, -0.1) is 0 Å². The lowest BCUT2D eigenvalue weighted by atomic mass is 9.64. The SMILES string of the molecule is COc1cc(CCN2CCCC(C(C#N)(c3ccccc3)c3ccccc3)C2)ccc1O. The number of hydrogen-bond acceptors (Lipinski definition) is 4. The summed E-state index contributed by atoms with van der Waals surface area (Å²) in [6.45, 7) is 2.83. The highest BCUT2D eigenvalue weighted by atomic mass is 16.5. The van der Waals surface area contributed by atoms with E-state index in [9.17, 15) is 10.4 Å². The lowest BCUT2D eigenvalue weighted by Crippen LogP contribution is -2.46. The zero-order valence-electron chi connectivity index (χ0n) is 18.6. The molecule has 1 unspecified atom stereocenters. The molecule has 3 aromatic rings. The van der Waals surface area contributed by atoms with E-state index in [-0.39, 0.29) is 11.7 Å². The molecular weight excluding hydrogens is 396 g/mol. The Balaban J connectivity index is 1.57. The molecule has 1 aliphatic rings. The highest BCUT2D eigenvalue weighted by Gasteiger charge is 2.44. The largest absolute Gasteiger partial charge is 0.504 e. The minimum atomic E-state index is -0.664. The first-order chi connectivity index (χ1) is 15.7. The summed E-state index contributed by atoms with van der Waals surface area (Å²) in [6.07, 6.45) is 2.98. The van der Waals surface area contributed by atoms with Gasteiger partial charge in [0, 0.05) is 13.1 Å². The molecule has 32 heavy (non-hydrogen) atoms. The molecule has 1 aliphatic heterocycles. The van der Waals surface area contributed by atoms with Crippen molar-refractivity contribution in [1.29, 1.82) is 5.26 Å². The Hall–Kier alpha value is -3.29. The molecule has 0 spiro atoms.